The molecule has 1 aliphatic carbocycles. The van der Waals surface area contributed by atoms with Crippen LogP contribution in [0.2, 0.25) is 0 Å². The number of anilines is 1. The SMILES string of the molecule is CCCCN(CCNC1CCCC(C)C1)c1ccccc1. The molecule has 21 heavy (non-hydrogen) atoms. The van der Waals surface area contributed by atoms with E-state index >= 15 is 0 Å². The summed E-state index contributed by atoms with van der Waals surface area (Å²) in [6, 6.07) is 11.6. The smallest absolute Gasteiger partial charge is 0.0366 e. The molecule has 118 valence electrons. The lowest BCUT2D eigenvalue weighted by Crippen LogP contribution is -2.39. The second-order valence-corrected chi connectivity index (χ2v) is 6.60. The zero-order valence-corrected chi connectivity index (χ0v) is 13.9. The number of unbranched alkanes of at least 4 members (excludes halogenated alkanes) is 1. The fourth-order valence-electron chi connectivity index (χ4n) is 3.38. The van der Waals surface area contributed by atoms with Crippen LogP contribution in [0.15, 0.2) is 30.3 Å². The molecule has 0 amide bonds. The molecule has 2 unspecified atom stereocenters. The van der Waals surface area contributed by atoms with Gasteiger partial charge in [0.05, 0.1) is 0 Å². The molecule has 0 saturated heterocycles. The van der Waals surface area contributed by atoms with Gasteiger partial charge in [-0.2, -0.15) is 0 Å². The second-order valence-electron chi connectivity index (χ2n) is 6.60. The average Bonchev–Trinajstić information content (AvgIpc) is 2.51. The summed E-state index contributed by atoms with van der Waals surface area (Å²) in [7, 11) is 0. The van der Waals surface area contributed by atoms with E-state index in [4.69, 9.17) is 0 Å². The molecular formula is C19H32N2. The first-order valence-corrected chi connectivity index (χ1v) is 8.83. The Hall–Kier alpha value is -1.02. The van der Waals surface area contributed by atoms with E-state index in [0.717, 1.165) is 25.0 Å². The third kappa shape index (κ3) is 5.70. The molecule has 1 fully saturated rings. The van der Waals surface area contributed by atoms with Crippen LogP contribution in [0.1, 0.15) is 52.4 Å². The lowest BCUT2D eigenvalue weighted by Gasteiger charge is -2.30. The van der Waals surface area contributed by atoms with Crippen molar-refractivity contribution in [1.82, 2.24) is 5.32 Å². The van der Waals surface area contributed by atoms with Crippen molar-refractivity contribution in [3.63, 3.8) is 0 Å². The zero-order valence-electron chi connectivity index (χ0n) is 13.9. The van der Waals surface area contributed by atoms with Crippen LogP contribution >= 0.6 is 0 Å². The summed E-state index contributed by atoms with van der Waals surface area (Å²) in [6.07, 6.45) is 8.08. The molecule has 0 heterocycles. The number of hydrogen-bond donors (Lipinski definition) is 1. The Morgan fingerprint density at radius 3 is 2.67 bits per heavy atom. The number of rotatable bonds is 8. The highest BCUT2D eigenvalue weighted by molar-refractivity contribution is 5.45. The standard InChI is InChI=1S/C19H32N2/c1-3-4-14-21(19-11-6-5-7-12-19)15-13-20-18-10-8-9-17(2)16-18/h5-7,11-12,17-18,20H,3-4,8-10,13-16H2,1-2H3. The van der Waals surface area contributed by atoms with Crippen molar-refractivity contribution in [1.29, 1.82) is 0 Å². The van der Waals surface area contributed by atoms with E-state index in [1.165, 1.54) is 50.8 Å². The Morgan fingerprint density at radius 2 is 1.95 bits per heavy atom. The summed E-state index contributed by atoms with van der Waals surface area (Å²) in [5.74, 6) is 0.904. The molecule has 1 N–H and O–H groups in total. The molecule has 2 atom stereocenters. The van der Waals surface area contributed by atoms with Crippen LogP contribution in [0.4, 0.5) is 5.69 Å². The summed E-state index contributed by atoms with van der Waals surface area (Å²) in [4.78, 5) is 2.53. The minimum atomic E-state index is 0.748. The van der Waals surface area contributed by atoms with Gasteiger partial charge in [0.2, 0.25) is 0 Å². The zero-order chi connectivity index (χ0) is 14.9. The van der Waals surface area contributed by atoms with Crippen LogP contribution in [-0.4, -0.2) is 25.7 Å². The van der Waals surface area contributed by atoms with Gasteiger partial charge in [-0.15, -0.1) is 0 Å². The molecule has 0 bridgehead atoms. The fraction of sp³-hybridized carbons (Fsp3) is 0.684. The van der Waals surface area contributed by atoms with Crippen molar-refractivity contribution in [2.45, 2.75) is 58.4 Å². The van der Waals surface area contributed by atoms with E-state index in [1.54, 1.807) is 0 Å². The van der Waals surface area contributed by atoms with Crippen molar-refractivity contribution >= 4 is 5.69 Å². The third-order valence-electron chi connectivity index (χ3n) is 4.65. The molecule has 1 aromatic carbocycles. The molecule has 0 spiro atoms. The first-order valence-electron chi connectivity index (χ1n) is 8.83. The predicted octanol–water partition coefficient (Wildman–Crippen LogP) is 4.46. The van der Waals surface area contributed by atoms with Crippen LogP contribution in [0.5, 0.6) is 0 Å². The van der Waals surface area contributed by atoms with Gasteiger partial charge in [0.15, 0.2) is 0 Å². The van der Waals surface area contributed by atoms with E-state index < -0.39 is 0 Å². The van der Waals surface area contributed by atoms with Gasteiger partial charge in [-0.1, -0.05) is 51.3 Å². The lowest BCUT2D eigenvalue weighted by atomic mass is 9.87. The van der Waals surface area contributed by atoms with Crippen molar-refractivity contribution in [2.24, 2.45) is 5.92 Å². The van der Waals surface area contributed by atoms with Crippen molar-refractivity contribution in [3.8, 4) is 0 Å². The van der Waals surface area contributed by atoms with Gasteiger partial charge < -0.3 is 10.2 Å². The molecule has 0 radical (unpaired) electrons. The minimum absolute atomic E-state index is 0.748. The normalized spacial score (nSPS) is 22.2. The maximum atomic E-state index is 3.79. The van der Waals surface area contributed by atoms with Crippen LogP contribution in [0.3, 0.4) is 0 Å². The quantitative estimate of drug-likeness (QED) is 0.759. The molecule has 2 rings (SSSR count). The van der Waals surface area contributed by atoms with E-state index in [9.17, 15) is 0 Å². The Kier molecular flexibility index (Phi) is 7.08. The number of nitrogens with zero attached hydrogens (tertiary/aromatic N) is 1. The van der Waals surface area contributed by atoms with Gasteiger partial charge in [0.25, 0.3) is 0 Å². The van der Waals surface area contributed by atoms with Gasteiger partial charge >= 0.3 is 0 Å². The summed E-state index contributed by atoms with van der Waals surface area (Å²) in [5, 5.41) is 3.79. The Morgan fingerprint density at radius 1 is 1.14 bits per heavy atom. The van der Waals surface area contributed by atoms with Crippen LogP contribution < -0.4 is 10.2 Å². The van der Waals surface area contributed by atoms with E-state index in [1.807, 2.05) is 0 Å². The molecule has 2 heteroatoms. The van der Waals surface area contributed by atoms with Crippen LogP contribution in [0.25, 0.3) is 0 Å². The monoisotopic (exact) mass is 288 g/mol. The van der Waals surface area contributed by atoms with Gasteiger partial charge in [-0.3, -0.25) is 0 Å². The van der Waals surface area contributed by atoms with Crippen molar-refractivity contribution in [3.05, 3.63) is 30.3 Å². The van der Waals surface area contributed by atoms with Gasteiger partial charge in [0.1, 0.15) is 0 Å². The highest BCUT2D eigenvalue weighted by Gasteiger charge is 2.18. The van der Waals surface area contributed by atoms with Crippen molar-refractivity contribution < 1.29 is 0 Å². The number of nitrogens with one attached hydrogen (secondary N) is 1. The van der Waals surface area contributed by atoms with Crippen molar-refractivity contribution in [2.75, 3.05) is 24.5 Å². The second kappa shape index (κ2) is 9.09. The summed E-state index contributed by atoms with van der Waals surface area (Å²) in [6.45, 7) is 8.06. The molecule has 1 aliphatic rings. The number of para-hydroxylation sites is 1. The molecule has 1 saturated carbocycles. The molecule has 2 nitrogen and oxygen atoms in total. The Bertz CT molecular complexity index is 376. The largest absolute Gasteiger partial charge is 0.370 e. The molecule has 0 aromatic heterocycles. The van der Waals surface area contributed by atoms with E-state index in [2.05, 4.69) is 54.4 Å². The maximum Gasteiger partial charge on any atom is 0.0366 e. The maximum absolute atomic E-state index is 3.79. The Labute approximate surface area is 130 Å². The summed E-state index contributed by atoms with van der Waals surface area (Å²) >= 11 is 0. The number of benzene rings is 1. The topological polar surface area (TPSA) is 15.3 Å². The van der Waals surface area contributed by atoms with Crippen LogP contribution in [-0.2, 0) is 0 Å². The van der Waals surface area contributed by atoms with Gasteiger partial charge in [-0.25, -0.2) is 0 Å². The number of hydrogen-bond acceptors (Lipinski definition) is 2. The lowest BCUT2D eigenvalue weighted by molar-refractivity contribution is 0.303. The Balaban J connectivity index is 1.79. The van der Waals surface area contributed by atoms with E-state index in [0.29, 0.717) is 0 Å². The highest BCUT2D eigenvalue weighted by atomic mass is 15.1. The van der Waals surface area contributed by atoms with Gasteiger partial charge in [-0.05, 0) is 37.3 Å². The van der Waals surface area contributed by atoms with Crippen LogP contribution in [0, 0.1) is 5.92 Å². The molecule has 1 aromatic rings. The first-order chi connectivity index (χ1) is 10.3. The highest BCUT2D eigenvalue weighted by Crippen LogP contribution is 2.23. The van der Waals surface area contributed by atoms with Gasteiger partial charge in [0, 0.05) is 31.4 Å². The molecule has 0 aliphatic heterocycles. The predicted molar refractivity (Wildman–Crippen MR) is 93.0 cm³/mol. The molecular weight excluding hydrogens is 256 g/mol. The summed E-state index contributed by atoms with van der Waals surface area (Å²) < 4.78 is 0. The fourth-order valence-corrected chi connectivity index (χ4v) is 3.38. The average molecular weight is 288 g/mol. The third-order valence-corrected chi connectivity index (χ3v) is 4.65. The van der Waals surface area contributed by atoms with E-state index in [-0.39, 0.29) is 0 Å². The minimum Gasteiger partial charge on any atom is -0.370 e. The first kappa shape index (κ1) is 16.4. The summed E-state index contributed by atoms with van der Waals surface area (Å²) in [5.41, 5.74) is 1.37.